The molecule has 2 aliphatic heterocycles. The van der Waals surface area contributed by atoms with Crippen LogP contribution in [0.4, 0.5) is 5.69 Å². The standard InChI is InChI=1S/C18H19ClN2O4S2/c19-16-8-9-17(26-16)27(23,24)21-12-15(18(22)20-10-4-1-5-11-20)25-14-7-3-2-6-13(14)21/h2-3,6-9,15H,1,4-5,10-12H2. The lowest BCUT2D eigenvalue weighted by molar-refractivity contribution is -0.139. The number of para-hydroxylation sites is 2. The fourth-order valence-corrected chi connectivity index (χ4v) is 6.49. The normalized spacial score (nSPS) is 20.1. The number of hydrogen-bond donors (Lipinski definition) is 0. The highest BCUT2D eigenvalue weighted by atomic mass is 35.5. The summed E-state index contributed by atoms with van der Waals surface area (Å²) in [4.78, 5) is 14.7. The molecule has 1 unspecified atom stereocenters. The molecule has 0 aliphatic carbocycles. The topological polar surface area (TPSA) is 66.9 Å². The fourth-order valence-electron chi connectivity index (χ4n) is 3.42. The second kappa shape index (κ2) is 7.33. The van der Waals surface area contributed by atoms with Crippen LogP contribution in [0.3, 0.4) is 0 Å². The van der Waals surface area contributed by atoms with Crippen molar-refractivity contribution < 1.29 is 17.9 Å². The molecule has 27 heavy (non-hydrogen) atoms. The molecule has 2 aromatic rings. The zero-order valence-electron chi connectivity index (χ0n) is 14.5. The Labute approximate surface area is 167 Å². The van der Waals surface area contributed by atoms with E-state index in [1.54, 1.807) is 35.2 Å². The van der Waals surface area contributed by atoms with Gasteiger partial charge in [0.15, 0.2) is 6.10 Å². The van der Waals surface area contributed by atoms with E-state index in [-0.39, 0.29) is 16.7 Å². The zero-order valence-corrected chi connectivity index (χ0v) is 16.9. The van der Waals surface area contributed by atoms with E-state index in [1.165, 1.54) is 10.4 Å². The first-order chi connectivity index (χ1) is 13.0. The van der Waals surface area contributed by atoms with Crippen molar-refractivity contribution in [2.75, 3.05) is 23.9 Å². The quantitative estimate of drug-likeness (QED) is 0.754. The van der Waals surface area contributed by atoms with Gasteiger partial charge >= 0.3 is 0 Å². The SMILES string of the molecule is O=C(C1CN(S(=O)(=O)c2ccc(Cl)s2)c2ccccc2O1)N1CCCCC1. The smallest absolute Gasteiger partial charge is 0.274 e. The molecule has 9 heteroatoms. The van der Waals surface area contributed by atoms with Crippen molar-refractivity contribution in [3.8, 4) is 5.75 Å². The number of likely N-dealkylation sites (tertiary alicyclic amines) is 1. The van der Waals surface area contributed by atoms with Gasteiger partial charge in [-0.1, -0.05) is 23.7 Å². The Bertz CT molecular complexity index is 954. The van der Waals surface area contributed by atoms with Gasteiger partial charge in [-0.25, -0.2) is 8.42 Å². The van der Waals surface area contributed by atoms with Crippen molar-refractivity contribution in [1.82, 2.24) is 4.90 Å². The summed E-state index contributed by atoms with van der Waals surface area (Å²) >= 11 is 6.94. The lowest BCUT2D eigenvalue weighted by Crippen LogP contribution is -2.52. The van der Waals surface area contributed by atoms with Gasteiger partial charge in [0, 0.05) is 13.1 Å². The molecule has 1 aromatic carbocycles. The van der Waals surface area contributed by atoms with Crippen molar-refractivity contribution in [1.29, 1.82) is 0 Å². The van der Waals surface area contributed by atoms with E-state index in [4.69, 9.17) is 16.3 Å². The van der Waals surface area contributed by atoms with Crippen LogP contribution >= 0.6 is 22.9 Å². The third-order valence-corrected chi connectivity index (χ3v) is 8.25. The number of hydrogen-bond acceptors (Lipinski definition) is 5. The maximum Gasteiger partial charge on any atom is 0.274 e. The Hall–Kier alpha value is -1.77. The molecule has 0 radical (unpaired) electrons. The van der Waals surface area contributed by atoms with E-state index in [2.05, 4.69) is 0 Å². The highest BCUT2D eigenvalue weighted by molar-refractivity contribution is 7.94. The predicted octanol–water partition coefficient (Wildman–Crippen LogP) is 3.37. The van der Waals surface area contributed by atoms with Crippen LogP contribution in [0.15, 0.2) is 40.6 Å². The van der Waals surface area contributed by atoms with E-state index >= 15 is 0 Å². The maximum absolute atomic E-state index is 13.2. The van der Waals surface area contributed by atoms with Crippen LogP contribution in [0.25, 0.3) is 0 Å². The van der Waals surface area contributed by atoms with E-state index in [0.717, 1.165) is 30.6 Å². The van der Waals surface area contributed by atoms with E-state index < -0.39 is 16.1 Å². The summed E-state index contributed by atoms with van der Waals surface area (Å²) in [6.07, 6.45) is 2.18. The highest BCUT2D eigenvalue weighted by Crippen LogP contribution is 2.39. The average molecular weight is 427 g/mol. The van der Waals surface area contributed by atoms with Crippen LogP contribution < -0.4 is 9.04 Å². The summed E-state index contributed by atoms with van der Waals surface area (Å²) in [6.45, 7) is 1.32. The van der Waals surface area contributed by atoms with Gasteiger partial charge in [0.2, 0.25) is 0 Å². The van der Waals surface area contributed by atoms with Crippen LogP contribution in [0, 0.1) is 0 Å². The predicted molar refractivity (Wildman–Crippen MR) is 105 cm³/mol. The maximum atomic E-state index is 13.2. The second-order valence-corrected chi connectivity index (χ2v) is 10.4. The number of amides is 1. The molecule has 1 fully saturated rings. The first kappa shape index (κ1) is 18.6. The number of benzene rings is 1. The number of sulfonamides is 1. The summed E-state index contributed by atoms with van der Waals surface area (Å²) < 4.78 is 34.1. The summed E-state index contributed by atoms with van der Waals surface area (Å²) in [6, 6.07) is 9.93. The Balaban J connectivity index is 1.69. The van der Waals surface area contributed by atoms with E-state index in [1.807, 2.05) is 0 Å². The van der Waals surface area contributed by atoms with Crippen LogP contribution in [-0.2, 0) is 14.8 Å². The lowest BCUT2D eigenvalue weighted by atomic mass is 10.1. The van der Waals surface area contributed by atoms with Crippen LogP contribution in [0.1, 0.15) is 19.3 Å². The van der Waals surface area contributed by atoms with Crippen molar-refractivity contribution >= 4 is 44.6 Å². The number of anilines is 1. The van der Waals surface area contributed by atoms with Gasteiger partial charge in [-0.2, -0.15) is 0 Å². The van der Waals surface area contributed by atoms with E-state index in [0.29, 0.717) is 28.9 Å². The fraction of sp³-hybridized carbons (Fsp3) is 0.389. The number of nitrogens with zero attached hydrogens (tertiary/aromatic N) is 2. The van der Waals surface area contributed by atoms with Gasteiger partial charge in [-0.3, -0.25) is 9.10 Å². The molecule has 0 bridgehead atoms. The third kappa shape index (κ3) is 3.53. The number of thiophene rings is 1. The minimum Gasteiger partial charge on any atom is -0.476 e. The number of rotatable bonds is 3. The Kier molecular flexibility index (Phi) is 5.05. The summed E-state index contributed by atoms with van der Waals surface area (Å²) in [5.74, 6) is 0.235. The van der Waals surface area contributed by atoms with Crippen molar-refractivity contribution in [3.05, 3.63) is 40.7 Å². The van der Waals surface area contributed by atoms with Gasteiger partial charge in [0.25, 0.3) is 15.9 Å². The molecule has 0 spiro atoms. The molecule has 2 aliphatic rings. The minimum atomic E-state index is -3.84. The molecule has 1 saturated heterocycles. The molecule has 3 heterocycles. The molecular weight excluding hydrogens is 408 g/mol. The highest BCUT2D eigenvalue weighted by Gasteiger charge is 2.39. The van der Waals surface area contributed by atoms with Crippen molar-refractivity contribution in [2.45, 2.75) is 29.6 Å². The van der Waals surface area contributed by atoms with E-state index in [9.17, 15) is 13.2 Å². The monoisotopic (exact) mass is 426 g/mol. The largest absolute Gasteiger partial charge is 0.476 e. The minimum absolute atomic E-state index is 0.0514. The van der Waals surface area contributed by atoms with Crippen LogP contribution in [-0.4, -0.2) is 45.0 Å². The third-order valence-electron chi connectivity index (χ3n) is 4.77. The Morgan fingerprint density at radius 2 is 1.85 bits per heavy atom. The number of fused-ring (bicyclic) bond motifs is 1. The summed E-state index contributed by atoms with van der Waals surface area (Å²) in [5, 5.41) is 0. The van der Waals surface area contributed by atoms with Gasteiger partial charge in [-0.05, 0) is 43.5 Å². The molecule has 1 atom stereocenters. The molecule has 1 aromatic heterocycles. The Morgan fingerprint density at radius 3 is 2.56 bits per heavy atom. The van der Waals surface area contributed by atoms with Crippen LogP contribution in [0.5, 0.6) is 5.75 Å². The lowest BCUT2D eigenvalue weighted by Gasteiger charge is -2.37. The zero-order chi connectivity index (χ0) is 19.0. The van der Waals surface area contributed by atoms with Gasteiger partial charge in [0.05, 0.1) is 16.6 Å². The first-order valence-corrected chi connectivity index (χ1v) is 11.4. The van der Waals surface area contributed by atoms with Crippen molar-refractivity contribution in [3.63, 3.8) is 0 Å². The molecule has 0 saturated carbocycles. The number of carbonyl (C=O) groups is 1. The number of ether oxygens (including phenoxy) is 1. The molecule has 6 nitrogen and oxygen atoms in total. The summed E-state index contributed by atoms with van der Waals surface area (Å²) in [5.41, 5.74) is 0.435. The summed E-state index contributed by atoms with van der Waals surface area (Å²) in [7, 11) is -3.84. The van der Waals surface area contributed by atoms with Crippen molar-refractivity contribution in [2.24, 2.45) is 0 Å². The molecule has 0 N–H and O–H groups in total. The van der Waals surface area contributed by atoms with Gasteiger partial charge in [-0.15, -0.1) is 11.3 Å². The Morgan fingerprint density at radius 1 is 1.11 bits per heavy atom. The first-order valence-electron chi connectivity index (χ1n) is 8.79. The van der Waals surface area contributed by atoms with Gasteiger partial charge in [0.1, 0.15) is 9.96 Å². The van der Waals surface area contributed by atoms with Crippen LogP contribution in [0.2, 0.25) is 4.34 Å². The number of piperidine rings is 1. The molecule has 4 rings (SSSR count). The second-order valence-electron chi connectivity index (χ2n) is 6.55. The number of halogens is 1. The molecule has 144 valence electrons. The van der Waals surface area contributed by atoms with Gasteiger partial charge < -0.3 is 9.64 Å². The number of carbonyl (C=O) groups excluding carboxylic acids is 1. The molecule has 1 amide bonds. The average Bonchev–Trinajstić information content (AvgIpc) is 3.14. The molecular formula is C18H19ClN2O4S2.